The van der Waals surface area contributed by atoms with Gasteiger partial charge in [0.15, 0.2) is 5.78 Å². The van der Waals surface area contributed by atoms with E-state index in [1.54, 1.807) is 13.1 Å². The summed E-state index contributed by atoms with van der Waals surface area (Å²) in [5.41, 5.74) is 0. The highest BCUT2D eigenvalue weighted by atomic mass is 32.2. The summed E-state index contributed by atoms with van der Waals surface area (Å²) in [6, 6.07) is 3.63. The normalized spacial score (nSPS) is 14.8. The van der Waals surface area contributed by atoms with Crippen molar-refractivity contribution in [3.63, 3.8) is 0 Å². The summed E-state index contributed by atoms with van der Waals surface area (Å²) >= 11 is 2.67. The fourth-order valence-corrected chi connectivity index (χ4v) is 4.00. The summed E-state index contributed by atoms with van der Waals surface area (Å²) in [7, 11) is 1.73. The van der Waals surface area contributed by atoms with E-state index < -0.39 is 0 Å². The molecule has 0 radical (unpaired) electrons. The Hall–Kier alpha value is -1.78. The van der Waals surface area contributed by atoms with E-state index in [1.807, 2.05) is 11.0 Å². The van der Waals surface area contributed by atoms with Crippen LogP contribution in [0.5, 0.6) is 0 Å². The summed E-state index contributed by atoms with van der Waals surface area (Å²) in [5, 5.41) is 11.7. The van der Waals surface area contributed by atoms with E-state index in [9.17, 15) is 9.59 Å². The molecule has 0 N–H and O–H groups in total. The molecule has 0 atom stereocenters. The van der Waals surface area contributed by atoms with Crippen molar-refractivity contribution in [2.45, 2.75) is 11.6 Å². The Morgan fingerprint density at radius 2 is 2.12 bits per heavy atom. The van der Waals surface area contributed by atoms with Gasteiger partial charge in [0.1, 0.15) is 0 Å². The zero-order valence-corrected chi connectivity index (χ0v) is 14.8. The van der Waals surface area contributed by atoms with Crippen molar-refractivity contribution < 1.29 is 14.3 Å². The molecule has 2 aromatic rings. The lowest BCUT2D eigenvalue weighted by atomic mass is 10.3. The Balaban J connectivity index is 1.53. The van der Waals surface area contributed by atoms with Gasteiger partial charge in [0.25, 0.3) is 0 Å². The average molecular weight is 367 g/mol. The molecule has 1 amide bonds. The van der Waals surface area contributed by atoms with E-state index in [4.69, 9.17) is 4.74 Å². The molecule has 1 saturated heterocycles. The van der Waals surface area contributed by atoms with E-state index in [2.05, 4.69) is 15.5 Å². The molecule has 0 aromatic carbocycles. The first-order chi connectivity index (χ1) is 11.6. The van der Waals surface area contributed by atoms with Crippen molar-refractivity contribution in [2.24, 2.45) is 7.05 Å². The molecule has 1 aliphatic heterocycles. The van der Waals surface area contributed by atoms with Gasteiger partial charge in [0.05, 0.1) is 30.3 Å². The van der Waals surface area contributed by atoms with E-state index >= 15 is 0 Å². The lowest BCUT2D eigenvalue weighted by Gasteiger charge is -2.26. The number of tetrazole rings is 1. The first-order valence-corrected chi connectivity index (χ1v) is 9.26. The maximum Gasteiger partial charge on any atom is 0.227 e. The molecule has 0 bridgehead atoms. The molecular formula is C14H17N5O3S2. The molecule has 1 aliphatic rings. The van der Waals surface area contributed by atoms with E-state index in [1.165, 1.54) is 27.8 Å². The number of aryl methyl sites for hydroxylation is 1. The Morgan fingerprint density at radius 3 is 2.83 bits per heavy atom. The summed E-state index contributed by atoms with van der Waals surface area (Å²) in [6.07, 6.45) is 0.332. The highest BCUT2D eigenvalue weighted by Crippen LogP contribution is 2.22. The van der Waals surface area contributed by atoms with Gasteiger partial charge in [-0.15, -0.1) is 16.4 Å². The standard InChI is InChI=1S/C14H17N5O3S2/c1-18-14(15-16-17-18)23-9-11(20)12-3-2-10(24-12)8-13(21)19-4-6-22-7-5-19/h2-3H,4-9H2,1H3. The Bertz CT molecular complexity index is 724. The van der Waals surface area contributed by atoms with Gasteiger partial charge in [-0.05, 0) is 22.6 Å². The molecule has 128 valence electrons. The SMILES string of the molecule is Cn1nnnc1SCC(=O)c1ccc(CC(=O)N2CCOCC2)s1. The third-order valence-electron chi connectivity index (χ3n) is 3.54. The second-order valence-electron chi connectivity index (χ2n) is 5.23. The monoisotopic (exact) mass is 367 g/mol. The third-order valence-corrected chi connectivity index (χ3v) is 5.68. The van der Waals surface area contributed by atoms with Gasteiger partial charge in [-0.2, -0.15) is 0 Å². The molecule has 0 unspecified atom stereocenters. The molecule has 3 heterocycles. The minimum atomic E-state index is 0.0121. The number of amides is 1. The van der Waals surface area contributed by atoms with Crippen molar-refractivity contribution in [3.8, 4) is 0 Å². The van der Waals surface area contributed by atoms with Crippen LogP contribution >= 0.6 is 23.1 Å². The molecule has 24 heavy (non-hydrogen) atoms. The molecule has 8 nitrogen and oxygen atoms in total. The predicted molar refractivity (Wildman–Crippen MR) is 89.3 cm³/mol. The van der Waals surface area contributed by atoms with Crippen LogP contribution in [0.3, 0.4) is 0 Å². The number of ketones is 1. The predicted octanol–water partition coefficient (Wildman–Crippen LogP) is 0.648. The smallest absolute Gasteiger partial charge is 0.227 e. The summed E-state index contributed by atoms with van der Waals surface area (Å²) in [5.74, 6) is 0.364. The van der Waals surface area contributed by atoms with Crippen molar-refractivity contribution in [1.82, 2.24) is 25.1 Å². The number of morpholine rings is 1. The first kappa shape index (κ1) is 17.1. The van der Waals surface area contributed by atoms with Crippen LogP contribution in [0.2, 0.25) is 0 Å². The second kappa shape index (κ2) is 7.86. The number of hydrogen-bond acceptors (Lipinski definition) is 8. The molecule has 0 spiro atoms. The largest absolute Gasteiger partial charge is 0.378 e. The topological polar surface area (TPSA) is 90.2 Å². The number of Topliss-reactive ketones (excluding diaryl/α,β-unsaturated/α-hetero) is 1. The number of carbonyl (C=O) groups excluding carboxylic acids is 2. The summed E-state index contributed by atoms with van der Waals surface area (Å²) < 4.78 is 6.77. The lowest BCUT2D eigenvalue weighted by molar-refractivity contribution is -0.134. The number of ether oxygens (including phenoxy) is 1. The van der Waals surface area contributed by atoms with Crippen molar-refractivity contribution in [3.05, 3.63) is 21.9 Å². The number of rotatable bonds is 6. The minimum Gasteiger partial charge on any atom is -0.378 e. The van der Waals surface area contributed by atoms with E-state index in [0.29, 0.717) is 42.8 Å². The van der Waals surface area contributed by atoms with Gasteiger partial charge in [-0.25, -0.2) is 4.68 Å². The van der Waals surface area contributed by atoms with Gasteiger partial charge in [-0.3, -0.25) is 9.59 Å². The molecule has 1 fully saturated rings. The summed E-state index contributed by atoms with van der Waals surface area (Å²) in [6.45, 7) is 2.46. The first-order valence-electron chi connectivity index (χ1n) is 7.46. The number of hydrogen-bond donors (Lipinski definition) is 0. The van der Waals surface area contributed by atoms with Crippen LogP contribution in [0.15, 0.2) is 17.3 Å². The Morgan fingerprint density at radius 1 is 1.33 bits per heavy atom. The van der Waals surface area contributed by atoms with Crippen LogP contribution < -0.4 is 0 Å². The van der Waals surface area contributed by atoms with Gasteiger partial charge in [0, 0.05) is 25.0 Å². The molecule has 3 rings (SSSR count). The highest BCUT2D eigenvalue weighted by molar-refractivity contribution is 7.99. The minimum absolute atomic E-state index is 0.0121. The van der Waals surface area contributed by atoms with Crippen molar-refractivity contribution in [1.29, 1.82) is 0 Å². The van der Waals surface area contributed by atoms with Gasteiger partial charge >= 0.3 is 0 Å². The molecule has 0 saturated carbocycles. The van der Waals surface area contributed by atoms with Crippen LogP contribution in [-0.4, -0.2) is 68.9 Å². The quantitative estimate of drug-likeness (QED) is 0.547. The van der Waals surface area contributed by atoms with Crippen LogP contribution in [0, 0.1) is 0 Å². The number of thiophene rings is 1. The lowest BCUT2D eigenvalue weighted by Crippen LogP contribution is -2.41. The van der Waals surface area contributed by atoms with Gasteiger partial charge < -0.3 is 9.64 Å². The Labute approximate surface area is 147 Å². The highest BCUT2D eigenvalue weighted by Gasteiger charge is 2.19. The van der Waals surface area contributed by atoms with E-state index in [-0.39, 0.29) is 17.4 Å². The zero-order valence-electron chi connectivity index (χ0n) is 13.2. The molecule has 0 aliphatic carbocycles. The van der Waals surface area contributed by atoms with Gasteiger partial charge in [-0.1, -0.05) is 11.8 Å². The van der Waals surface area contributed by atoms with Crippen LogP contribution in [-0.2, 0) is 23.0 Å². The number of aromatic nitrogens is 4. The number of carbonyl (C=O) groups is 2. The fraction of sp³-hybridized carbons (Fsp3) is 0.500. The van der Waals surface area contributed by atoms with E-state index in [0.717, 1.165) is 4.88 Å². The number of nitrogens with zero attached hydrogens (tertiary/aromatic N) is 5. The number of thioether (sulfide) groups is 1. The summed E-state index contributed by atoms with van der Waals surface area (Å²) in [4.78, 5) is 27.8. The van der Waals surface area contributed by atoms with Crippen LogP contribution in [0.4, 0.5) is 0 Å². The van der Waals surface area contributed by atoms with Crippen LogP contribution in [0.25, 0.3) is 0 Å². The third kappa shape index (κ3) is 4.19. The average Bonchev–Trinajstić information content (AvgIpc) is 3.22. The maximum atomic E-state index is 12.3. The molecule has 10 heteroatoms. The fourth-order valence-electron chi connectivity index (χ4n) is 2.24. The Kier molecular flexibility index (Phi) is 5.59. The van der Waals surface area contributed by atoms with Crippen molar-refractivity contribution >= 4 is 34.8 Å². The zero-order chi connectivity index (χ0) is 16.9. The molecular weight excluding hydrogens is 350 g/mol. The second-order valence-corrected chi connectivity index (χ2v) is 7.34. The maximum absolute atomic E-state index is 12.3. The van der Waals surface area contributed by atoms with Crippen molar-refractivity contribution in [2.75, 3.05) is 32.1 Å². The van der Waals surface area contributed by atoms with Gasteiger partial charge in [0.2, 0.25) is 11.1 Å². The molecule has 2 aromatic heterocycles. The van der Waals surface area contributed by atoms with Crippen LogP contribution in [0.1, 0.15) is 14.5 Å².